The largest absolute Gasteiger partial charge is 0.345 e. The third kappa shape index (κ3) is 5.04. The molecule has 2 aromatic carbocycles. The SMILES string of the molecule is Cc1cccc(-c2noc(CNC(=O)C(C)N(c3cccc(C)c3)S(C)(=O)=O)n2)c1. The minimum atomic E-state index is -3.68. The zero-order valence-corrected chi connectivity index (χ0v) is 18.1. The summed E-state index contributed by atoms with van der Waals surface area (Å²) in [6.45, 7) is 5.35. The molecule has 158 valence electrons. The molecule has 1 atom stereocenters. The van der Waals surface area contributed by atoms with E-state index in [1.165, 1.54) is 6.92 Å². The van der Waals surface area contributed by atoms with E-state index in [1.807, 2.05) is 44.2 Å². The van der Waals surface area contributed by atoms with Crippen LogP contribution in [0.4, 0.5) is 5.69 Å². The van der Waals surface area contributed by atoms with E-state index in [-0.39, 0.29) is 12.4 Å². The van der Waals surface area contributed by atoms with Gasteiger partial charge in [0.2, 0.25) is 27.6 Å². The van der Waals surface area contributed by atoms with E-state index in [0.717, 1.165) is 27.3 Å². The Bertz CT molecular complexity index is 1160. The molecule has 0 fully saturated rings. The first-order valence-corrected chi connectivity index (χ1v) is 11.2. The quantitative estimate of drug-likeness (QED) is 0.620. The van der Waals surface area contributed by atoms with Gasteiger partial charge in [0.25, 0.3) is 0 Å². The number of rotatable bonds is 7. The molecule has 0 aliphatic heterocycles. The first-order valence-electron chi connectivity index (χ1n) is 9.38. The average molecular weight is 429 g/mol. The molecule has 3 rings (SSSR count). The van der Waals surface area contributed by atoms with E-state index in [9.17, 15) is 13.2 Å². The number of carbonyl (C=O) groups excluding carboxylic acids is 1. The number of nitrogens with zero attached hydrogens (tertiary/aromatic N) is 3. The molecule has 0 aliphatic rings. The number of sulfonamides is 1. The third-order valence-electron chi connectivity index (χ3n) is 4.50. The molecule has 9 heteroatoms. The average Bonchev–Trinajstić information content (AvgIpc) is 3.14. The van der Waals surface area contributed by atoms with E-state index in [1.54, 1.807) is 18.2 Å². The highest BCUT2D eigenvalue weighted by Gasteiger charge is 2.29. The van der Waals surface area contributed by atoms with E-state index >= 15 is 0 Å². The molecule has 1 heterocycles. The van der Waals surface area contributed by atoms with E-state index < -0.39 is 22.0 Å². The number of carbonyl (C=O) groups is 1. The van der Waals surface area contributed by atoms with Gasteiger partial charge in [-0.2, -0.15) is 4.98 Å². The lowest BCUT2D eigenvalue weighted by Crippen LogP contribution is -2.47. The van der Waals surface area contributed by atoms with Gasteiger partial charge in [-0.1, -0.05) is 41.1 Å². The fourth-order valence-electron chi connectivity index (χ4n) is 3.11. The second-order valence-corrected chi connectivity index (χ2v) is 9.03. The summed E-state index contributed by atoms with van der Waals surface area (Å²) in [5.41, 5.74) is 3.20. The van der Waals surface area contributed by atoms with Crippen LogP contribution in [0.2, 0.25) is 0 Å². The van der Waals surface area contributed by atoms with Crippen molar-refractivity contribution in [3.63, 3.8) is 0 Å². The maximum absolute atomic E-state index is 12.7. The fourth-order valence-corrected chi connectivity index (χ4v) is 4.28. The summed E-state index contributed by atoms with van der Waals surface area (Å²) in [6.07, 6.45) is 1.07. The van der Waals surface area contributed by atoms with Gasteiger partial charge in [-0.3, -0.25) is 9.10 Å². The highest BCUT2D eigenvalue weighted by Crippen LogP contribution is 2.22. The third-order valence-corrected chi connectivity index (χ3v) is 5.74. The standard InChI is InChI=1S/C21H24N4O4S/c1-14-7-5-9-17(11-14)20-23-19(29-24-20)13-22-21(26)16(3)25(30(4,27)28)18-10-6-8-15(2)12-18/h5-12,16H,13H2,1-4H3,(H,22,26). The fraction of sp³-hybridized carbons (Fsp3) is 0.286. The maximum atomic E-state index is 12.7. The van der Waals surface area contributed by atoms with Gasteiger partial charge >= 0.3 is 0 Å². The van der Waals surface area contributed by atoms with Gasteiger partial charge in [0, 0.05) is 5.56 Å². The van der Waals surface area contributed by atoms with Crippen LogP contribution in [0.3, 0.4) is 0 Å². The number of hydrogen-bond acceptors (Lipinski definition) is 6. The molecule has 8 nitrogen and oxygen atoms in total. The van der Waals surface area contributed by atoms with E-state index in [4.69, 9.17) is 4.52 Å². The summed E-state index contributed by atoms with van der Waals surface area (Å²) in [4.78, 5) is 17.0. The number of hydrogen-bond donors (Lipinski definition) is 1. The molecule has 1 unspecified atom stereocenters. The second kappa shape index (κ2) is 8.66. The van der Waals surface area contributed by atoms with Gasteiger partial charge < -0.3 is 9.84 Å². The van der Waals surface area contributed by atoms with Crippen molar-refractivity contribution < 1.29 is 17.7 Å². The van der Waals surface area contributed by atoms with Crippen LogP contribution in [-0.4, -0.2) is 36.8 Å². The molecule has 3 aromatic rings. The molecular weight excluding hydrogens is 404 g/mol. The minimum Gasteiger partial charge on any atom is -0.345 e. The van der Waals surface area contributed by atoms with Crippen molar-refractivity contribution in [3.05, 3.63) is 65.5 Å². The minimum absolute atomic E-state index is 0.00654. The van der Waals surface area contributed by atoms with Crippen molar-refractivity contribution in [3.8, 4) is 11.4 Å². The lowest BCUT2D eigenvalue weighted by molar-refractivity contribution is -0.122. The van der Waals surface area contributed by atoms with Gasteiger partial charge in [-0.25, -0.2) is 8.42 Å². The molecule has 0 spiro atoms. The van der Waals surface area contributed by atoms with Crippen LogP contribution in [0.5, 0.6) is 0 Å². The van der Waals surface area contributed by atoms with Crippen molar-refractivity contribution in [1.82, 2.24) is 15.5 Å². The molecule has 1 aromatic heterocycles. The molecule has 0 bridgehead atoms. The number of benzene rings is 2. The van der Waals surface area contributed by atoms with Crippen molar-refractivity contribution >= 4 is 21.6 Å². The molecule has 0 aliphatic carbocycles. The smallest absolute Gasteiger partial charge is 0.246 e. The van der Waals surface area contributed by atoms with Gasteiger partial charge in [-0.05, 0) is 44.5 Å². The zero-order valence-electron chi connectivity index (χ0n) is 17.3. The van der Waals surface area contributed by atoms with E-state index in [0.29, 0.717) is 11.5 Å². The molecule has 0 saturated carbocycles. The summed E-state index contributed by atoms with van der Waals surface area (Å²) in [7, 11) is -3.68. The Morgan fingerprint density at radius 1 is 1.13 bits per heavy atom. The topological polar surface area (TPSA) is 105 Å². The first kappa shape index (κ1) is 21.5. The van der Waals surface area contributed by atoms with Crippen LogP contribution in [0, 0.1) is 13.8 Å². The van der Waals surface area contributed by atoms with Crippen LogP contribution in [-0.2, 0) is 21.4 Å². The molecule has 1 amide bonds. The van der Waals surface area contributed by atoms with Crippen LogP contribution in [0.25, 0.3) is 11.4 Å². The highest BCUT2D eigenvalue weighted by molar-refractivity contribution is 7.92. The molecule has 30 heavy (non-hydrogen) atoms. The summed E-state index contributed by atoms with van der Waals surface area (Å²) in [5.74, 6) is 0.180. The van der Waals surface area contributed by atoms with Gasteiger partial charge in [0.05, 0.1) is 18.5 Å². The van der Waals surface area contributed by atoms with Crippen LogP contribution in [0.15, 0.2) is 53.1 Å². The predicted octanol–water partition coefficient (Wildman–Crippen LogP) is 2.82. The van der Waals surface area contributed by atoms with Crippen LogP contribution in [0.1, 0.15) is 23.9 Å². The number of aryl methyl sites for hydroxylation is 2. The van der Waals surface area contributed by atoms with Crippen molar-refractivity contribution in [1.29, 1.82) is 0 Å². The molecule has 1 N–H and O–H groups in total. The van der Waals surface area contributed by atoms with Gasteiger partial charge in [0.1, 0.15) is 6.04 Å². The number of amides is 1. The maximum Gasteiger partial charge on any atom is 0.246 e. The Morgan fingerprint density at radius 3 is 2.43 bits per heavy atom. The zero-order chi connectivity index (χ0) is 21.9. The lowest BCUT2D eigenvalue weighted by atomic mass is 10.1. The molecule has 0 saturated heterocycles. The van der Waals surface area contributed by atoms with Crippen LogP contribution < -0.4 is 9.62 Å². The first-order chi connectivity index (χ1) is 14.1. The number of nitrogens with one attached hydrogen (secondary N) is 1. The number of aromatic nitrogens is 2. The van der Waals surface area contributed by atoms with Crippen molar-refractivity contribution in [2.75, 3.05) is 10.6 Å². The highest BCUT2D eigenvalue weighted by atomic mass is 32.2. The summed E-state index contributed by atoms with van der Waals surface area (Å²) >= 11 is 0. The molecular formula is C21H24N4O4S. The lowest BCUT2D eigenvalue weighted by Gasteiger charge is -2.28. The second-order valence-electron chi connectivity index (χ2n) is 7.17. The Labute approximate surface area is 176 Å². The normalized spacial score (nSPS) is 12.4. The predicted molar refractivity (Wildman–Crippen MR) is 114 cm³/mol. The Morgan fingerprint density at radius 2 is 1.80 bits per heavy atom. The van der Waals surface area contributed by atoms with E-state index in [2.05, 4.69) is 15.5 Å². The molecule has 0 radical (unpaired) electrons. The van der Waals surface area contributed by atoms with Gasteiger partial charge in [-0.15, -0.1) is 0 Å². The summed E-state index contributed by atoms with van der Waals surface area (Å²) in [5, 5.41) is 6.61. The monoisotopic (exact) mass is 428 g/mol. The van der Waals surface area contributed by atoms with Crippen molar-refractivity contribution in [2.24, 2.45) is 0 Å². The summed E-state index contributed by atoms with van der Waals surface area (Å²) < 4.78 is 31.0. The van der Waals surface area contributed by atoms with Gasteiger partial charge in [0.15, 0.2) is 0 Å². The Hall–Kier alpha value is -3.20. The number of anilines is 1. The van der Waals surface area contributed by atoms with Crippen molar-refractivity contribution in [2.45, 2.75) is 33.4 Å². The Balaban J connectivity index is 1.72. The van der Waals surface area contributed by atoms with Crippen LogP contribution >= 0.6 is 0 Å². The summed E-state index contributed by atoms with van der Waals surface area (Å²) in [6, 6.07) is 13.7. The Kier molecular flexibility index (Phi) is 6.21.